The minimum absolute atomic E-state index is 0. The number of nitrogens with one attached hydrogen (secondary N) is 1. The fraction of sp³-hybridized carbons (Fsp3) is 0.917. The number of rotatable bonds is 1. The van der Waals surface area contributed by atoms with Gasteiger partial charge in [-0.2, -0.15) is 0 Å². The number of fused-ring (bicyclic) bond motifs is 1. The Morgan fingerprint density at radius 1 is 1.00 bits per heavy atom. The first-order valence-electron chi connectivity index (χ1n) is 6.34. The minimum Gasteiger partial charge on any atom is -0.342 e. The molecule has 0 unspecified atom stereocenters. The molecule has 0 aromatic rings. The van der Waals surface area contributed by atoms with Gasteiger partial charge in [0.05, 0.1) is 0 Å². The molecular weight excluding hydrogens is 224 g/mol. The van der Waals surface area contributed by atoms with Gasteiger partial charge in [-0.1, -0.05) is 0 Å². The van der Waals surface area contributed by atoms with Gasteiger partial charge in [0.1, 0.15) is 0 Å². The van der Waals surface area contributed by atoms with E-state index in [0.717, 1.165) is 37.8 Å². The van der Waals surface area contributed by atoms with Gasteiger partial charge in [0.15, 0.2) is 0 Å². The van der Waals surface area contributed by atoms with Crippen LogP contribution >= 0.6 is 12.4 Å². The molecule has 0 aromatic heterocycles. The maximum atomic E-state index is 11.9. The van der Waals surface area contributed by atoms with E-state index in [1.54, 1.807) is 0 Å². The van der Waals surface area contributed by atoms with Gasteiger partial charge in [0.25, 0.3) is 0 Å². The highest BCUT2D eigenvalue weighted by Crippen LogP contribution is 2.33. The number of nitrogens with zero attached hydrogens (tertiary/aromatic N) is 1. The lowest BCUT2D eigenvalue weighted by molar-refractivity contribution is -0.132. The summed E-state index contributed by atoms with van der Waals surface area (Å²) in [6.07, 6.45) is 4.72. The third kappa shape index (κ3) is 2.35. The van der Waals surface area contributed by atoms with Gasteiger partial charge in [-0.3, -0.25) is 4.79 Å². The first-order chi connectivity index (χ1) is 7.34. The zero-order chi connectivity index (χ0) is 10.3. The van der Waals surface area contributed by atoms with Gasteiger partial charge < -0.3 is 10.2 Å². The highest BCUT2D eigenvalue weighted by Gasteiger charge is 2.36. The average molecular weight is 245 g/mol. The van der Waals surface area contributed by atoms with Crippen molar-refractivity contribution in [2.24, 2.45) is 17.8 Å². The lowest BCUT2D eigenvalue weighted by atomic mass is 9.92. The summed E-state index contributed by atoms with van der Waals surface area (Å²) in [5, 5.41) is 3.47. The average Bonchev–Trinajstić information content (AvgIpc) is 3.03. The Morgan fingerprint density at radius 2 is 1.56 bits per heavy atom. The summed E-state index contributed by atoms with van der Waals surface area (Å²) in [5.74, 6) is 2.52. The van der Waals surface area contributed by atoms with Crippen molar-refractivity contribution in [2.45, 2.75) is 25.7 Å². The number of amides is 1. The molecule has 2 aliphatic heterocycles. The Labute approximate surface area is 103 Å². The van der Waals surface area contributed by atoms with Crippen LogP contribution in [-0.4, -0.2) is 37.0 Å². The van der Waals surface area contributed by atoms with Gasteiger partial charge in [0.2, 0.25) is 5.91 Å². The normalized spacial score (nSPS) is 33.9. The highest BCUT2D eigenvalue weighted by molar-refractivity contribution is 5.85. The predicted molar refractivity (Wildman–Crippen MR) is 65.6 cm³/mol. The van der Waals surface area contributed by atoms with E-state index in [2.05, 4.69) is 10.2 Å². The van der Waals surface area contributed by atoms with Crippen LogP contribution in [0, 0.1) is 17.8 Å². The molecule has 1 aliphatic carbocycles. The summed E-state index contributed by atoms with van der Waals surface area (Å²) in [6.45, 7) is 4.38. The molecule has 16 heavy (non-hydrogen) atoms. The largest absolute Gasteiger partial charge is 0.342 e. The molecule has 0 aromatic carbocycles. The van der Waals surface area contributed by atoms with Crippen LogP contribution in [-0.2, 0) is 4.79 Å². The number of hydrogen-bond donors (Lipinski definition) is 1. The van der Waals surface area contributed by atoms with Gasteiger partial charge in [0, 0.05) is 19.0 Å². The molecule has 4 heteroatoms. The Kier molecular flexibility index (Phi) is 3.75. The highest BCUT2D eigenvalue weighted by atomic mass is 35.5. The van der Waals surface area contributed by atoms with E-state index in [1.807, 2.05) is 0 Å². The SMILES string of the molecule is Cl.O=C(C1CC1)N1CC[C@@H]2CNC[C@@H]2CC1. The Morgan fingerprint density at radius 3 is 2.06 bits per heavy atom. The van der Waals surface area contributed by atoms with Crippen LogP contribution in [0.2, 0.25) is 0 Å². The Balaban J connectivity index is 0.000000963. The minimum atomic E-state index is 0. The number of hydrogen-bond acceptors (Lipinski definition) is 2. The van der Waals surface area contributed by atoms with Crippen molar-refractivity contribution < 1.29 is 4.79 Å². The van der Waals surface area contributed by atoms with E-state index >= 15 is 0 Å². The van der Waals surface area contributed by atoms with Crippen molar-refractivity contribution >= 4 is 18.3 Å². The third-order valence-corrected chi connectivity index (χ3v) is 4.26. The summed E-state index contributed by atoms with van der Waals surface area (Å²) in [6, 6.07) is 0. The Bertz CT molecular complexity index is 254. The summed E-state index contributed by atoms with van der Waals surface area (Å²) >= 11 is 0. The Hall–Kier alpha value is -0.280. The molecule has 92 valence electrons. The van der Waals surface area contributed by atoms with Crippen LogP contribution in [0.25, 0.3) is 0 Å². The fourth-order valence-electron chi connectivity index (χ4n) is 3.03. The second-order valence-electron chi connectivity index (χ2n) is 5.36. The lowest BCUT2D eigenvalue weighted by Crippen LogP contribution is -2.33. The molecule has 1 amide bonds. The van der Waals surface area contributed by atoms with E-state index < -0.39 is 0 Å². The van der Waals surface area contributed by atoms with Gasteiger partial charge in [-0.25, -0.2) is 0 Å². The van der Waals surface area contributed by atoms with Crippen molar-refractivity contribution in [2.75, 3.05) is 26.2 Å². The van der Waals surface area contributed by atoms with Crippen molar-refractivity contribution in [3.8, 4) is 0 Å². The molecule has 2 atom stereocenters. The quantitative estimate of drug-likeness (QED) is 0.754. The third-order valence-electron chi connectivity index (χ3n) is 4.26. The fourth-order valence-corrected chi connectivity index (χ4v) is 3.03. The van der Waals surface area contributed by atoms with Gasteiger partial charge in [-0.05, 0) is 50.6 Å². The number of likely N-dealkylation sites (tertiary alicyclic amines) is 1. The van der Waals surface area contributed by atoms with E-state index in [4.69, 9.17) is 0 Å². The van der Waals surface area contributed by atoms with Crippen LogP contribution in [0.5, 0.6) is 0 Å². The molecule has 1 saturated carbocycles. The maximum absolute atomic E-state index is 11.9. The monoisotopic (exact) mass is 244 g/mol. The topological polar surface area (TPSA) is 32.3 Å². The van der Waals surface area contributed by atoms with Crippen LogP contribution in [0.1, 0.15) is 25.7 Å². The van der Waals surface area contributed by atoms with Crippen molar-refractivity contribution in [3.05, 3.63) is 0 Å². The second-order valence-corrected chi connectivity index (χ2v) is 5.36. The maximum Gasteiger partial charge on any atom is 0.225 e. The summed E-state index contributed by atoms with van der Waals surface area (Å²) in [7, 11) is 0. The van der Waals surface area contributed by atoms with E-state index in [9.17, 15) is 4.79 Å². The van der Waals surface area contributed by atoms with Gasteiger partial charge in [-0.15, -0.1) is 12.4 Å². The van der Waals surface area contributed by atoms with Crippen LogP contribution in [0.3, 0.4) is 0 Å². The molecule has 2 heterocycles. The molecule has 0 radical (unpaired) electrons. The summed E-state index contributed by atoms with van der Waals surface area (Å²) in [4.78, 5) is 14.1. The number of carbonyl (C=O) groups is 1. The molecule has 2 saturated heterocycles. The van der Waals surface area contributed by atoms with Crippen molar-refractivity contribution in [1.82, 2.24) is 10.2 Å². The lowest BCUT2D eigenvalue weighted by Gasteiger charge is -2.20. The number of carbonyl (C=O) groups excluding carboxylic acids is 1. The first-order valence-corrected chi connectivity index (χ1v) is 6.34. The zero-order valence-corrected chi connectivity index (χ0v) is 10.5. The molecule has 3 aliphatic rings. The summed E-state index contributed by atoms with van der Waals surface area (Å²) in [5.41, 5.74) is 0. The molecule has 3 nitrogen and oxygen atoms in total. The molecule has 3 rings (SSSR count). The van der Waals surface area contributed by atoms with E-state index in [0.29, 0.717) is 11.8 Å². The molecule has 0 spiro atoms. The molecular formula is C12H21ClN2O. The second kappa shape index (κ2) is 4.92. The van der Waals surface area contributed by atoms with Crippen molar-refractivity contribution in [1.29, 1.82) is 0 Å². The first kappa shape index (κ1) is 12.2. The van der Waals surface area contributed by atoms with Crippen LogP contribution < -0.4 is 5.32 Å². The molecule has 0 bridgehead atoms. The summed E-state index contributed by atoms with van der Waals surface area (Å²) < 4.78 is 0. The van der Waals surface area contributed by atoms with Crippen LogP contribution in [0.4, 0.5) is 0 Å². The number of halogens is 1. The van der Waals surface area contributed by atoms with Crippen LogP contribution in [0.15, 0.2) is 0 Å². The molecule has 1 N–H and O–H groups in total. The smallest absolute Gasteiger partial charge is 0.225 e. The predicted octanol–water partition coefficient (Wildman–Crippen LogP) is 1.28. The van der Waals surface area contributed by atoms with Gasteiger partial charge >= 0.3 is 0 Å². The standard InChI is InChI=1S/C12H20N2O.ClH/c15-12(9-1-2-9)14-5-3-10-7-13-8-11(10)4-6-14;/h9-11,13H,1-8H2;1H/t10-,11+;. The van der Waals surface area contributed by atoms with Crippen molar-refractivity contribution in [3.63, 3.8) is 0 Å². The van der Waals surface area contributed by atoms with E-state index in [1.165, 1.54) is 25.9 Å². The molecule has 3 fully saturated rings. The van der Waals surface area contributed by atoms with E-state index in [-0.39, 0.29) is 12.4 Å². The zero-order valence-electron chi connectivity index (χ0n) is 9.65.